The maximum absolute atomic E-state index is 12.3. The number of hydrogen-bond donors (Lipinski definition) is 2. The zero-order valence-electron chi connectivity index (χ0n) is 17.1. The lowest BCUT2D eigenvalue weighted by molar-refractivity contribution is -0.126. The third-order valence-electron chi connectivity index (χ3n) is 5.12. The van der Waals surface area contributed by atoms with E-state index in [4.69, 9.17) is 4.74 Å². The fraction of sp³-hybridized carbons (Fsp3) is 0.565. The third-order valence-corrected chi connectivity index (χ3v) is 5.12. The number of rotatable bonds is 8. The van der Waals surface area contributed by atoms with Gasteiger partial charge >= 0.3 is 0 Å². The van der Waals surface area contributed by atoms with Gasteiger partial charge in [-0.15, -0.1) is 0 Å². The van der Waals surface area contributed by atoms with Crippen molar-refractivity contribution in [2.75, 3.05) is 18.5 Å². The predicted octanol–water partition coefficient (Wildman–Crippen LogP) is 4.14. The summed E-state index contributed by atoms with van der Waals surface area (Å²) >= 11 is 0. The number of ether oxygens (including phenoxy) is 1. The molecule has 0 unspecified atom stereocenters. The minimum atomic E-state index is -0.123. The number of amides is 2. The smallest absolute Gasteiger partial charge is 0.223 e. The van der Waals surface area contributed by atoms with Gasteiger partial charge in [0.25, 0.3) is 0 Å². The largest absolute Gasteiger partial charge is 0.481 e. The lowest BCUT2D eigenvalue weighted by atomic mass is 9.79. The molecule has 28 heavy (non-hydrogen) atoms. The Bertz CT molecular complexity index is 697. The second-order valence-corrected chi connectivity index (χ2v) is 7.43. The van der Waals surface area contributed by atoms with E-state index in [1.54, 1.807) is 12.1 Å². The van der Waals surface area contributed by atoms with E-state index < -0.39 is 0 Å². The first-order valence-corrected chi connectivity index (χ1v) is 10.3. The Kier molecular flexibility index (Phi) is 9.41. The first kappa shape index (κ1) is 21.8. The van der Waals surface area contributed by atoms with E-state index in [1.807, 2.05) is 12.1 Å². The normalized spacial score (nSPS) is 18.5. The Labute approximate surface area is 168 Å². The topological polar surface area (TPSA) is 67.4 Å². The van der Waals surface area contributed by atoms with Crippen molar-refractivity contribution in [3.8, 4) is 17.6 Å². The van der Waals surface area contributed by atoms with Gasteiger partial charge in [0.15, 0.2) is 0 Å². The highest BCUT2D eigenvalue weighted by Crippen LogP contribution is 2.31. The molecule has 1 aliphatic rings. The van der Waals surface area contributed by atoms with E-state index in [0.717, 1.165) is 18.8 Å². The summed E-state index contributed by atoms with van der Waals surface area (Å²) < 4.78 is 5.56. The van der Waals surface area contributed by atoms with Crippen LogP contribution in [0.4, 0.5) is 5.69 Å². The van der Waals surface area contributed by atoms with Crippen molar-refractivity contribution >= 4 is 17.5 Å². The molecule has 2 amide bonds. The number of unbranched alkanes of at least 4 members (excludes halogenated alkanes) is 1. The minimum Gasteiger partial charge on any atom is -0.481 e. The van der Waals surface area contributed by atoms with Crippen LogP contribution in [0.3, 0.4) is 0 Å². The Morgan fingerprint density at radius 1 is 1.18 bits per heavy atom. The maximum atomic E-state index is 12.3. The van der Waals surface area contributed by atoms with Gasteiger partial charge in [0.1, 0.15) is 12.4 Å². The summed E-state index contributed by atoms with van der Waals surface area (Å²) in [6, 6.07) is 7.17. The van der Waals surface area contributed by atoms with E-state index in [2.05, 4.69) is 29.4 Å². The van der Waals surface area contributed by atoms with Crippen LogP contribution in [-0.4, -0.2) is 25.0 Å². The summed E-state index contributed by atoms with van der Waals surface area (Å²) in [5.74, 6) is 7.45. The SMILES string of the molecule is CCCCC1CCC(C(=O)NCC#CCOc2cccc(NC(C)=O)c2)CC1. The molecule has 0 aliphatic heterocycles. The van der Waals surface area contributed by atoms with Crippen LogP contribution in [0.2, 0.25) is 0 Å². The lowest BCUT2D eigenvalue weighted by Gasteiger charge is -2.27. The Balaban J connectivity index is 1.63. The zero-order valence-corrected chi connectivity index (χ0v) is 17.1. The standard InChI is InChI=1S/C23H32N2O3/c1-3-4-8-19-11-13-20(14-12-19)23(27)24-15-5-6-16-28-22-10-7-9-21(17-22)25-18(2)26/h7,9-10,17,19-20H,3-4,8,11-16H2,1-2H3,(H,24,27)(H,25,26). The molecule has 2 rings (SSSR count). The van der Waals surface area contributed by atoms with Crippen LogP contribution in [-0.2, 0) is 9.59 Å². The van der Waals surface area contributed by atoms with Gasteiger partial charge in [-0.25, -0.2) is 0 Å². The number of carbonyl (C=O) groups is 2. The molecule has 1 aromatic carbocycles. The second-order valence-electron chi connectivity index (χ2n) is 7.43. The highest BCUT2D eigenvalue weighted by atomic mass is 16.5. The molecule has 2 N–H and O–H groups in total. The third kappa shape index (κ3) is 8.04. The molecule has 5 nitrogen and oxygen atoms in total. The fourth-order valence-electron chi connectivity index (χ4n) is 3.58. The van der Waals surface area contributed by atoms with Crippen molar-refractivity contribution in [3.63, 3.8) is 0 Å². The highest BCUT2D eigenvalue weighted by Gasteiger charge is 2.25. The molecule has 0 spiro atoms. The first-order chi connectivity index (χ1) is 13.6. The Morgan fingerprint density at radius 3 is 2.68 bits per heavy atom. The molecule has 0 aromatic heterocycles. The van der Waals surface area contributed by atoms with Crippen molar-refractivity contribution in [2.24, 2.45) is 11.8 Å². The van der Waals surface area contributed by atoms with E-state index >= 15 is 0 Å². The molecule has 1 aliphatic carbocycles. The Hall–Kier alpha value is -2.48. The summed E-state index contributed by atoms with van der Waals surface area (Å²) in [5.41, 5.74) is 0.689. The van der Waals surface area contributed by atoms with Gasteiger partial charge in [-0.05, 0) is 43.7 Å². The molecule has 152 valence electrons. The lowest BCUT2D eigenvalue weighted by Crippen LogP contribution is -2.33. The molecule has 5 heteroatoms. The number of nitrogens with one attached hydrogen (secondary N) is 2. The molecule has 1 aromatic rings. The van der Waals surface area contributed by atoms with Gasteiger partial charge in [-0.2, -0.15) is 0 Å². The van der Waals surface area contributed by atoms with Crippen molar-refractivity contribution < 1.29 is 14.3 Å². The van der Waals surface area contributed by atoms with Gasteiger partial charge in [-0.3, -0.25) is 9.59 Å². The van der Waals surface area contributed by atoms with Gasteiger partial charge in [0.2, 0.25) is 11.8 Å². The summed E-state index contributed by atoms with van der Waals surface area (Å²) in [6.07, 6.45) is 8.22. The van der Waals surface area contributed by atoms with Crippen LogP contribution in [0.25, 0.3) is 0 Å². The van der Waals surface area contributed by atoms with Crippen molar-refractivity contribution in [3.05, 3.63) is 24.3 Å². The maximum Gasteiger partial charge on any atom is 0.223 e. The minimum absolute atomic E-state index is 0.123. The summed E-state index contributed by atoms with van der Waals surface area (Å²) in [5, 5.41) is 5.63. The van der Waals surface area contributed by atoms with Crippen molar-refractivity contribution in [2.45, 2.75) is 58.8 Å². The molecule has 1 saturated carbocycles. The number of benzene rings is 1. The van der Waals surface area contributed by atoms with Crippen molar-refractivity contribution in [1.82, 2.24) is 5.32 Å². The molecule has 0 heterocycles. The van der Waals surface area contributed by atoms with Gasteiger partial charge in [0, 0.05) is 24.6 Å². The molecule has 0 atom stereocenters. The van der Waals surface area contributed by atoms with Gasteiger partial charge < -0.3 is 15.4 Å². The summed E-state index contributed by atoms with van der Waals surface area (Å²) in [4.78, 5) is 23.3. The monoisotopic (exact) mass is 384 g/mol. The molecule has 0 saturated heterocycles. The van der Waals surface area contributed by atoms with Crippen LogP contribution < -0.4 is 15.4 Å². The van der Waals surface area contributed by atoms with Gasteiger partial charge in [-0.1, -0.05) is 44.1 Å². The van der Waals surface area contributed by atoms with Crippen molar-refractivity contribution in [1.29, 1.82) is 0 Å². The average Bonchev–Trinajstić information content (AvgIpc) is 2.69. The average molecular weight is 385 g/mol. The Morgan fingerprint density at radius 2 is 1.96 bits per heavy atom. The molecular formula is C23H32N2O3. The van der Waals surface area contributed by atoms with Crippen LogP contribution in [0.5, 0.6) is 5.75 Å². The van der Waals surface area contributed by atoms with Gasteiger partial charge in [0.05, 0.1) is 6.54 Å². The summed E-state index contributed by atoms with van der Waals surface area (Å²) in [6.45, 7) is 4.28. The van der Waals surface area contributed by atoms with E-state index in [-0.39, 0.29) is 24.3 Å². The fourth-order valence-corrected chi connectivity index (χ4v) is 3.58. The van der Waals surface area contributed by atoms with E-state index in [0.29, 0.717) is 18.0 Å². The zero-order chi connectivity index (χ0) is 20.2. The summed E-state index contributed by atoms with van der Waals surface area (Å²) in [7, 11) is 0. The second kappa shape index (κ2) is 12.1. The molecule has 1 fully saturated rings. The quantitative estimate of drug-likeness (QED) is 0.662. The number of carbonyl (C=O) groups excluding carboxylic acids is 2. The molecule has 0 radical (unpaired) electrons. The molecule has 0 bridgehead atoms. The predicted molar refractivity (Wildman–Crippen MR) is 112 cm³/mol. The van der Waals surface area contributed by atoms with Crippen LogP contribution in [0, 0.1) is 23.7 Å². The number of hydrogen-bond acceptors (Lipinski definition) is 3. The number of anilines is 1. The molecular weight excluding hydrogens is 352 g/mol. The first-order valence-electron chi connectivity index (χ1n) is 10.3. The van der Waals surface area contributed by atoms with E-state index in [1.165, 1.54) is 39.0 Å². The van der Waals surface area contributed by atoms with E-state index in [9.17, 15) is 9.59 Å². The van der Waals surface area contributed by atoms with Crippen LogP contribution in [0.1, 0.15) is 58.8 Å². The van der Waals surface area contributed by atoms with Crippen LogP contribution in [0.15, 0.2) is 24.3 Å². The van der Waals surface area contributed by atoms with Crippen LogP contribution >= 0.6 is 0 Å². The highest BCUT2D eigenvalue weighted by molar-refractivity contribution is 5.88.